The number of rotatable bonds is 4. The van der Waals surface area contributed by atoms with Gasteiger partial charge in [-0.3, -0.25) is 0 Å². The van der Waals surface area contributed by atoms with Gasteiger partial charge in [0, 0.05) is 31.6 Å². The molecule has 1 aromatic heterocycles. The molecule has 0 unspecified atom stereocenters. The summed E-state index contributed by atoms with van der Waals surface area (Å²) in [6.45, 7) is 1.58. The lowest BCUT2D eigenvalue weighted by atomic mass is 10.2. The van der Waals surface area contributed by atoms with Crippen LogP contribution >= 0.6 is 11.3 Å². The average Bonchev–Trinajstić information content (AvgIpc) is 3.17. The highest BCUT2D eigenvalue weighted by Crippen LogP contribution is 2.24. The van der Waals surface area contributed by atoms with Crippen LogP contribution in [-0.2, 0) is 14.8 Å². The summed E-state index contributed by atoms with van der Waals surface area (Å²) in [7, 11) is -2.30. The molecule has 1 aliphatic heterocycles. The maximum Gasteiger partial charge on any atom is 0.357 e. The van der Waals surface area contributed by atoms with Crippen LogP contribution in [-0.4, -0.2) is 57.0 Å². The number of hydrogen-bond donors (Lipinski definition) is 0. The zero-order valence-corrected chi connectivity index (χ0v) is 15.6. The number of sulfonamides is 1. The summed E-state index contributed by atoms with van der Waals surface area (Å²) in [4.78, 5) is 17.9. The first-order valence-electron chi connectivity index (χ1n) is 7.75. The van der Waals surface area contributed by atoms with Crippen molar-refractivity contribution in [3.63, 3.8) is 0 Å². The smallest absolute Gasteiger partial charge is 0.357 e. The van der Waals surface area contributed by atoms with Crippen LogP contribution in [0, 0.1) is 11.3 Å². The predicted molar refractivity (Wildman–Crippen MR) is 95.6 cm³/mol. The van der Waals surface area contributed by atoms with Crippen molar-refractivity contribution in [1.82, 2.24) is 9.29 Å². The second-order valence-corrected chi connectivity index (χ2v) is 8.31. The third-order valence-electron chi connectivity index (χ3n) is 4.02. The fourth-order valence-electron chi connectivity index (χ4n) is 2.58. The molecule has 0 radical (unpaired) electrons. The predicted octanol–water partition coefficient (Wildman–Crippen LogP) is 1.31. The monoisotopic (exact) mass is 392 g/mol. The largest absolute Gasteiger partial charge is 0.464 e. The van der Waals surface area contributed by atoms with Gasteiger partial charge in [-0.1, -0.05) is 0 Å². The van der Waals surface area contributed by atoms with Crippen LogP contribution in [0.5, 0.6) is 0 Å². The second-order valence-electron chi connectivity index (χ2n) is 5.53. The molecule has 2 heterocycles. The number of aromatic nitrogens is 1. The number of esters is 1. The van der Waals surface area contributed by atoms with Crippen molar-refractivity contribution in [3.05, 3.63) is 40.9 Å². The maximum absolute atomic E-state index is 12.7. The van der Waals surface area contributed by atoms with Crippen molar-refractivity contribution in [2.75, 3.05) is 38.2 Å². The summed E-state index contributed by atoms with van der Waals surface area (Å²) in [5.41, 5.74) is 0.666. The zero-order chi connectivity index (χ0) is 18.7. The Bertz CT molecular complexity index is 939. The van der Waals surface area contributed by atoms with Crippen molar-refractivity contribution in [2.24, 2.45) is 0 Å². The molecule has 0 amide bonds. The molecule has 0 bridgehead atoms. The average molecular weight is 392 g/mol. The van der Waals surface area contributed by atoms with Crippen molar-refractivity contribution in [3.8, 4) is 6.07 Å². The van der Waals surface area contributed by atoms with Gasteiger partial charge in [0.25, 0.3) is 0 Å². The fourth-order valence-corrected chi connectivity index (χ4v) is 4.85. The standard InChI is InChI=1S/C16H16N4O4S2/c1-24-15(21)14-11-25-16(18-14)19-6-8-20(9-7-19)26(22,23)13-4-2-12(10-17)3-5-13/h2-5,11H,6-9H2,1H3. The van der Waals surface area contributed by atoms with Gasteiger partial charge in [0.15, 0.2) is 10.8 Å². The van der Waals surface area contributed by atoms with Gasteiger partial charge in [-0.15, -0.1) is 11.3 Å². The van der Waals surface area contributed by atoms with E-state index in [0.29, 0.717) is 36.9 Å². The Balaban J connectivity index is 1.68. The molecule has 0 aliphatic carbocycles. The Morgan fingerprint density at radius 3 is 2.46 bits per heavy atom. The van der Waals surface area contributed by atoms with Gasteiger partial charge >= 0.3 is 5.97 Å². The van der Waals surface area contributed by atoms with Crippen molar-refractivity contribution < 1.29 is 17.9 Å². The van der Waals surface area contributed by atoms with E-state index in [1.54, 1.807) is 5.38 Å². The van der Waals surface area contributed by atoms with Crippen LogP contribution in [0.4, 0.5) is 5.13 Å². The van der Waals surface area contributed by atoms with Gasteiger partial charge in [-0.2, -0.15) is 9.57 Å². The minimum absolute atomic E-state index is 0.173. The lowest BCUT2D eigenvalue weighted by molar-refractivity contribution is 0.0595. The van der Waals surface area contributed by atoms with E-state index < -0.39 is 16.0 Å². The summed E-state index contributed by atoms with van der Waals surface area (Å²) < 4.78 is 31.5. The van der Waals surface area contributed by atoms with E-state index in [9.17, 15) is 13.2 Å². The van der Waals surface area contributed by atoms with Crippen molar-refractivity contribution in [2.45, 2.75) is 4.90 Å². The minimum Gasteiger partial charge on any atom is -0.464 e. The number of ether oxygens (including phenoxy) is 1. The highest BCUT2D eigenvalue weighted by atomic mass is 32.2. The number of hydrogen-bond acceptors (Lipinski definition) is 8. The molecule has 136 valence electrons. The number of carbonyl (C=O) groups excluding carboxylic acids is 1. The SMILES string of the molecule is COC(=O)c1csc(N2CCN(S(=O)(=O)c3ccc(C#N)cc3)CC2)n1. The lowest BCUT2D eigenvalue weighted by Gasteiger charge is -2.33. The molecule has 0 atom stereocenters. The molecule has 1 aliphatic rings. The van der Waals surface area contributed by atoms with E-state index in [-0.39, 0.29) is 10.6 Å². The Morgan fingerprint density at radius 2 is 1.88 bits per heavy atom. The highest BCUT2D eigenvalue weighted by Gasteiger charge is 2.29. The molecule has 1 fully saturated rings. The van der Waals surface area contributed by atoms with E-state index in [1.807, 2.05) is 11.0 Å². The van der Waals surface area contributed by atoms with Gasteiger partial charge in [0.1, 0.15) is 0 Å². The van der Waals surface area contributed by atoms with Gasteiger partial charge in [-0.25, -0.2) is 18.2 Å². The van der Waals surface area contributed by atoms with Gasteiger partial charge < -0.3 is 9.64 Å². The number of carbonyl (C=O) groups is 1. The van der Waals surface area contributed by atoms with Crippen LogP contribution in [0.2, 0.25) is 0 Å². The molecular weight excluding hydrogens is 376 g/mol. The number of anilines is 1. The van der Waals surface area contributed by atoms with Crippen molar-refractivity contribution in [1.29, 1.82) is 5.26 Å². The van der Waals surface area contributed by atoms with E-state index in [2.05, 4.69) is 9.72 Å². The molecule has 0 saturated carbocycles. The minimum atomic E-state index is -3.60. The number of thiazole rings is 1. The van der Waals surface area contributed by atoms with Gasteiger partial charge in [0.05, 0.1) is 23.6 Å². The topological polar surface area (TPSA) is 104 Å². The Morgan fingerprint density at radius 1 is 1.23 bits per heavy atom. The molecule has 10 heteroatoms. The summed E-state index contributed by atoms with van der Waals surface area (Å²) in [5, 5.41) is 11.1. The first-order chi connectivity index (χ1) is 12.5. The summed E-state index contributed by atoms with van der Waals surface area (Å²) in [6.07, 6.45) is 0. The molecule has 0 spiro atoms. The molecule has 26 heavy (non-hydrogen) atoms. The summed E-state index contributed by atoms with van der Waals surface area (Å²) >= 11 is 1.32. The first-order valence-corrected chi connectivity index (χ1v) is 10.1. The molecule has 1 aromatic carbocycles. The fraction of sp³-hybridized carbons (Fsp3) is 0.312. The van der Waals surface area contributed by atoms with Crippen LogP contribution in [0.3, 0.4) is 0 Å². The second kappa shape index (κ2) is 7.41. The lowest BCUT2D eigenvalue weighted by Crippen LogP contribution is -2.48. The Labute approximate surface area is 155 Å². The van der Waals surface area contributed by atoms with Crippen molar-refractivity contribution >= 4 is 32.5 Å². The maximum atomic E-state index is 12.7. The van der Waals surface area contributed by atoms with Crippen LogP contribution in [0.1, 0.15) is 16.1 Å². The number of nitriles is 1. The molecule has 3 rings (SSSR count). The normalized spacial score (nSPS) is 15.5. The third kappa shape index (κ3) is 3.55. The number of nitrogens with zero attached hydrogens (tertiary/aromatic N) is 4. The summed E-state index contributed by atoms with van der Waals surface area (Å²) in [6, 6.07) is 7.85. The molecular formula is C16H16N4O4S2. The van der Waals surface area contributed by atoms with Gasteiger partial charge in [-0.05, 0) is 24.3 Å². The molecule has 2 aromatic rings. The zero-order valence-electron chi connectivity index (χ0n) is 14.0. The molecule has 1 saturated heterocycles. The summed E-state index contributed by atoms with van der Waals surface area (Å²) in [5.74, 6) is -0.491. The van der Waals surface area contributed by atoms with E-state index in [0.717, 1.165) is 0 Å². The third-order valence-corrected chi connectivity index (χ3v) is 6.83. The number of benzene rings is 1. The van der Waals surface area contributed by atoms with E-state index >= 15 is 0 Å². The highest BCUT2D eigenvalue weighted by molar-refractivity contribution is 7.89. The van der Waals surface area contributed by atoms with Gasteiger partial charge in [0.2, 0.25) is 10.0 Å². The molecule has 0 N–H and O–H groups in total. The Hall–Kier alpha value is -2.48. The number of methoxy groups -OCH3 is 1. The van der Waals surface area contributed by atoms with E-state index in [1.165, 1.54) is 47.0 Å². The quantitative estimate of drug-likeness (QED) is 0.723. The van der Waals surface area contributed by atoms with Crippen LogP contribution in [0.25, 0.3) is 0 Å². The van der Waals surface area contributed by atoms with Crippen LogP contribution in [0.15, 0.2) is 34.5 Å². The van der Waals surface area contributed by atoms with E-state index in [4.69, 9.17) is 5.26 Å². The Kier molecular flexibility index (Phi) is 5.22. The number of piperazine rings is 1. The molecule has 8 nitrogen and oxygen atoms in total. The first kappa shape index (κ1) is 18.3. The van der Waals surface area contributed by atoms with Crippen LogP contribution < -0.4 is 4.90 Å².